The summed E-state index contributed by atoms with van der Waals surface area (Å²) in [6, 6.07) is 70.7. The molecule has 816 valence electrons. The number of sulfonamides is 4. The molecule has 5 N–H and O–H groups in total. The number of H-pyrrole nitrogens is 4. The molecule has 0 bridgehead atoms. The molecule has 149 heavy (non-hydrogen) atoms. The third-order valence-electron chi connectivity index (χ3n) is 22.1. The number of aromatic amines is 4. The summed E-state index contributed by atoms with van der Waals surface area (Å²) in [5, 5.41) is 3.60. The molecule has 0 aliphatic carbocycles. The van der Waals surface area contributed by atoms with Gasteiger partial charge in [-0.25, -0.2) is 63.6 Å². The second-order valence-corrected chi connectivity index (χ2v) is 46.6. The van der Waals surface area contributed by atoms with Crippen molar-refractivity contribution in [2.45, 2.75) is 208 Å². The Morgan fingerprint density at radius 2 is 0.523 bits per heavy atom. The number of alkyl halides is 1. The van der Waals surface area contributed by atoms with Crippen molar-refractivity contribution < 1.29 is 38.2 Å². The lowest BCUT2D eigenvalue weighted by molar-refractivity contribution is 0.141. The maximum atomic E-state index is 12.8. The normalized spacial score (nSPS) is 14.7. The highest BCUT2D eigenvalue weighted by atomic mass is 79.9. The molecule has 4 saturated heterocycles. The topological polar surface area (TPSA) is 397 Å². The van der Waals surface area contributed by atoms with E-state index in [-0.39, 0.29) is 45.2 Å². The van der Waals surface area contributed by atoms with Crippen molar-refractivity contribution in [2.24, 2.45) is 0 Å². The lowest BCUT2D eigenvalue weighted by Crippen LogP contribution is -2.49. The van der Waals surface area contributed by atoms with Crippen LogP contribution in [0.1, 0.15) is 211 Å². The molecule has 4 unspecified atom stereocenters. The third-order valence-corrected chi connectivity index (χ3v) is 30.4. The zero-order chi connectivity index (χ0) is 112. The van der Waals surface area contributed by atoms with Gasteiger partial charge < -0.3 is 25.3 Å². The van der Waals surface area contributed by atoms with Crippen LogP contribution in [-0.4, -0.2) is 220 Å². The van der Waals surface area contributed by atoms with Crippen LogP contribution in [0.25, 0.3) is 54.5 Å². The Hall–Kier alpha value is -9.77. The van der Waals surface area contributed by atoms with Crippen LogP contribution in [0.15, 0.2) is 281 Å². The zero-order valence-electron chi connectivity index (χ0n) is 90.0. The van der Waals surface area contributed by atoms with Gasteiger partial charge in [0.15, 0.2) is 0 Å². The van der Waals surface area contributed by atoms with Gasteiger partial charge in [0.1, 0.15) is 34.3 Å². The van der Waals surface area contributed by atoms with Crippen LogP contribution in [0.2, 0.25) is 5.15 Å². The Kier molecular flexibility index (Phi) is 62.4. The van der Waals surface area contributed by atoms with Crippen molar-refractivity contribution in [1.82, 2.24) is 87.1 Å². The summed E-state index contributed by atoms with van der Waals surface area (Å²) < 4.78 is 116. The van der Waals surface area contributed by atoms with Crippen LogP contribution >= 0.6 is 66.5 Å². The number of aryl methyl sites for hydroxylation is 1. The molecule has 4 aliphatic rings. The predicted octanol–water partition coefficient (Wildman–Crippen LogP) is 23.5. The predicted molar refractivity (Wildman–Crippen MR) is 622 cm³/mol. The molecule has 18 rings (SSSR count). The van der Waals surface area contributed by atoms with Gasteiger partial charge in [0, 0.05) is 117 Å². The van der Waals surface area contributed by atoms with Gasteiger partial charge in [-0.3, -0.25) is 38.4 Å². The summed E-state index contributed by atoms with van der Waals surface area (Å²) in [6.45, 7) is 54.4. The highest BCUT2D eigenvalue weighted by Gasteiger charge is 2.35. The van der Waals surface area contributed by atoms with Crippen molar-refractivity contribution in [3.05, 3.63) is 318 Å². The standard InChI is InChI=1S/C20H21ClN4O2S.2C20H22N4O3S.C10H9BrN2O.C10H14N2O2S.C10H10N2O.9C2H6.Cl3OP/c1-15(20-22-18-10-6-5-9-17(18)19(21)23-20)24-11-13-25(14-12-24)28(26,27)16-7-3-2-4-8-16;2*1-15(19-21-18-10-6-5-9-17(18)20(25)22-19)23-11-13-24(14-12-23)28(26,27)16-7-3-2-4-8-16;1-6(11)9-12-8-5-3-2-4-7(8)10(14)13-9;13-15(14,10-4-2-1-3-5-10)12-8-6-11-7-9-12;1-2-9-11-8-6-4-3-5-7(8)10(13)12-9;9*1-2;1-5(2,3)4/h2-10,15H,11-14H2,1H3;2*2-10,15H,11-14H2,1H3,(H,21,22,25);2-6H,1H3,(H,12,13,14);1-5,11H,6-9H2;3-6H,2H2,1H3,(H,11,12,13);9*1-2H3;. The summed E-state index contributed by atoms with van der Waals surface area (Å²) in [5.74, 6) is 3.26. The Balaban J connectivity index is 0.000000450. The fourth-order valence-electron chi connectivity index (χ4n) is 14.8. The first-order chi connectivity index (χ1) is 71.6. The number of nitrogens with zero attached hydrogens (tertiary/aromatic N) is 13. The minimum absolute atomic E-state index is 0.0521. The van der Waals surface area contributed by atoms with Gasteiger partial charge in [-0.15, -0.1) is 0 Å². The Labute approximate surface area is 910 Å². The molecule has 31 nitrogen and oxygen atoms in total. The van der Waals surface area contributed by atoms with Crippen molar-refractivity contribution in [3.63, 3.8) is 0 Å². The van der Waals surface area contributed by atoms with Gasteiger partial charge in [-0.05, 0) is 171 Å². The fraction of sp³-hybridized carbons (Fsp3) is 0.407. The van der Waals surface area contributed by atoms with E-state index in [0.29, 0.717) is 172 Å². The van der Waals surface area contributed by atoms with Gasteiger partial charge in [-0.2, -0.15) is 17.2 Å². The van der Waals surface area contributed by atoms with E-state index in [1.807, 2.05) is 268 Å². The van der Waals surface area contributed by atoms with Crippen molar-refractivity contribution in [1.29, 1.82) is 0 Å². The minimum atomic E-state index is -3.48. The summed E-state index contributed by atoms with van der Waals surface area (Å²) in [6.07, 6.45) is 0.750. The molecule has 4 fully saturated rings. The van der Waals surface area contributed by atoms with Crippen LogP contribution in [0.5, 0.6) is 0 Å². The van der Waals surface area contributed by atoms with E-state index < -0.39 is 45.3 Å². The smallest absolute Gasteiger partial charge is 0.314 e. The summed E-state index contributed by atoms with van der Waals surface area (Å²) >= 11 is 23.6. The second kappa shape index (κ2) is 69.7. The van der Waals surface area contributed by atoms with Gasteiger partial charge >= 0.3 is 5.20 Å². The number of hydrogen-bond donors (Lipinski definition) is 5. The molecule has 14 aromatic rings. The summed E-state index contributed by atoms with van der Waals surface area (Å²) in [5.41, 5.74) is 3.20. The highest BCUT2D eigenvalue weighted by Crippen LogP contribution is 2.61. The number of fused-ring (bicyclic) bond motifs is 5. The van der Waals surface area contributed by atoms with Crippen LogP contribution in [0.3, 0.4) is 0 Å². The number of aromatic nitrogens is 10. The van der Waals surface area contributed by atoms with Crippen LogP contribution in [-0.2, 0) is 51.1 Å². The molecular weight excluding hydrogens is 2140 g/mol. The van der Waals surface area contributed by atoms with Crippen LogP contribution in [0, 0.1) is 0 Å². The quantitative estimate of drug-likeness (QED) is 0.0341. The summed E-state index contributed by atoms with van der Waals surface area (Å²) in [7, 11) is -13.7. The van der Waals surface area contributed by atoms with Gasteiger partial charge in [0.05, 0.1) is 91.7 Å². The van der Waals surface area contributed by atoms with E-state index in [1.54, 1.807) is 138 Å². The zero-order valence-corrected chi connectivity index (χ0v) is 98.8. The fourth-order valence-corrected chi connectivity index (χ4v) is 21.1. The monoisotopic (exact) mass is 2290 g/mol. The van der Waals surface area contributed by atoms with E-state index in [4.69, 9.17) is 11.6 Å². The average molecular weight is 2290 g/mol. The molecule has 5 aromatic heterocycles. The van der Waals surface area contributed by atoms with Gasteiger partial charge in [0.2, 0.25) is 40.1 Å². The van der Waals surface area contributed by atoms with E-state index in [1.165, 1.54) is 12.9 Å². The molecule has 0 radical (unpaired) electrons. The molecule has 4 aliphatic heterocycles. The third kappa shape index (κ3) is 40.0. The SMILES string of the molecule is CC.CC.CC.CC.CC.CC.CC.CC.CC.CC(Br)c1nc2ccccc2c(=O)[nH]1.CC(c1nc(Cl)c2ccccc2n1)N1CCN(S(=O)(=O)c2ccccc2)CC1.CC(c1nc2ccccc2c(=O)[nH]1)N1CCN(S(=O)(=O)c2ccccc2)CC1.CC(c1nc2ccccc2c(=O)[nH]1)N1CCN(S(=O)(=O)c2ccccc2)CC1.CCc1nc2ccccc2c(=O)[nH]1.O=P(Cl)(Cl)Cl.O=S(=O)(c1ccccc1)N1CCNCC1. The average Bonchev–Trinajstić information content (AvgIpc) is 0.789. The van der Waals surface area contributed by atoms with Crippen molar-refractivity contribution in [3.8, 4) is 0 Å². The molecular formula is C108H152BrCl4N18O13PS4. The Morgan fingerprint density at radius 3 is 0.799 bits per heavy atom. The van der Waals surface area contributed by atoms with Crippen molar-refractivity contribution in [2.75, 3.05) is 105 Å². The number of hydrogen-bond acceptors (Lipinski definition) is 23. The number of para-hydroxylation sites is 5. The first-order valence-electron chi connectivity index (χ1n) is 50.9. The van der Waals surface area contributed by atoms with E-state index in [2.05, 4.69) is 120 Å². The number of rotatable bonds is 16. The Morgan fingerprint density at radius 1 is 0.302 bits per heavy atom. The molecule has 0 amide bonds. The maximum absolute atomic E-state index is 12.8. The van der Waals surface area contributed by atoms with Crippen LogP contribution in [0.4, 0.5) is 0 Å². The minimum Gasteiger partial charge on any atom is -0.314 e. The Bertz CT molecular complexity index is 6870. The second-order valence-electron chi connectivity index (χ2n) is 30.4. The molecule has 4 atom stereocenters. The van der Waals surface area contributed by atoms with Crippen molar-refractivity contribution >= 4 is 161 Å². The molecule has 0 saturated carbocycles. The first-order valence-corrected chi connectivity index (χ1v) is 62.4. The largest absolute Gasteiger partial charge is 0.339 e. The van der Waals surface area contributed by atoms with E-state index in [9.17, 15) is 57.4 Å². The van der Waals surface area contributed by atoms with E-state index >= 15 is 0 Å². The number of piperazine rings is 4. The highest BCUT2D eigenvalue weighted by molar-refractivity contribution is 9.09. The molecule has 9 heterocycles. The van der Waals surface area contributed by atoms with Gasteiger partial charge in [-0.1, -0.05) is 293 Å². The van der Waals surface area contributed by atoms with Crippen LogP contribution < -0.4 is 27.6 Å². The van der Waals surface area contributed by atoms with E-state index in [0.717, 1.165) is 47.3 Å². The first kappa shape index (κ1) is 133. The molecule has 41 heteroatoms. The van der Waals surface area contributed by atoms with Gasteiger partial charge in [0.25, 0.3) is 22.2 Å². The number of benzene rings is 9. The lowest BCUT2D eigenvalue weighted by Gasteiger charge is -2.36. The molecule has 0 spiro atoms. The maximum Gasteiger partial charge on any atom is 0.339 e. The summed E-state index contributed by atoms with van der Waals surface area (Å²) in [4.78, 5) is 93.8. The lowest BCUT2D eigenvalue weighted by atomic mass is 10.2. The number of nitrogens with one attached hydrogen (secondary N) is 5. The number of halogens is 5. The molecule has 9 aromatic carbocycles.